The Hall–Kier alpha value is 0.500. The first-order valence-electron chi connectivity index (χ1n) is 5.45. The fourth-order valence-electron chi connectivity index (χ4n) is 1.24. The van der Waals surface area contributed by atoms with Crippen LogP contribution in [0, 0.1) is 0 Å². The quantitative estimate of drug-likeness (QED) is 0.428. The maximum atomic E-state index is 5.53. The molecule has 0 aliphatic rings. The molecule has 0 aliphatic heterocycles. The summed E-state index contributed by atoms with van der Waals surface area (Å²) in [7, 11) is 0. The lowest BCUT2D eigenvalue weighted by atomic mass is 10.2. The van der Waals surface area contributed by atoms with E-state index in [1.165, 1.54) is 25.7 Å². The molecule has 0 radical (unpaired) electrons. The van der Waals surface area contributed by atoms with Crippen LogP contribution >= 0.6 is 23.2 Å². The van der Waals surface area contributed by atoms with Gasteiger partial charge in [-0.15, -0.1) is 23.2 Å². The zero-order valence-electron chi connectivity index (χ0n) is 8.83. The largest absolute Gasteiger partial charge is 0.316 e. The minimum atomic E-state index is 0.711. The van der Waals surface area contributed by atoms with Crippen LogP contribution in [0.15, 0.2) is 0 Å². The molecule has 0 spiro atoms. The Morgan fingerprint density at radius 1 is 0.571 bits per heavy atom. The average molecular weight is 241 g/mol. The van der Waals surface area contributed by atoms with Crippen LogP contribution in [0.5, 0.6) is 0 Å². The molecule has 0 heterocycles. The summed E-state index contributed by atoms with van der Waals surface area (Å²) < 4.78 is 0. The maximum absolute atomic E-state index is 5.53. The van der Waals surface area contributed by atoms with E-state index >= 15 is 0 Å². The molecule has 2 N–H and O–H groups in total. The summed E-state index contributed by atoms with van der Waals surface area (Å²) in [4.78, 5) is 0. The molecule has 0 saturated heterocycles. The van der Waals surface area contributed by atoms with Gasteiger partial charge in [0.15, 0.2) is 0 Å². The molecule has 4 heteroatoms. The predicted molar refractivity (Wildman–Crippen MR) is 65.6 cm³/mol. The highest BCUT2D eigenvalue weighted by molar-refractivity contribution is 6.18. The summed E-state index contributed by atoms with van der Waals surface area (Å²) in [5, 5.41) is 6.56. The lowest BCUT2D eigenvalue weighted by molar-refractivity contribution is 0.577. The molecular formula is C10H22Cl2N2. The highest BCUT2D eigenvalue weighted by Gasteiger charge is 1.90. The predicted octanol–water partition coefficient (Wildman–Crippen LogP) is 2.20. The molecule has 86 valence electrons. The fourth-order valence-corrected chi connectivity index (χ4v) is 1.50. The Labute approximate surface area is 97.7 Å². The molecule has 14 heavy (non-hydrogen) atoms. The van der Waals surface area contributed by atoms with Crippen molar-refractivity contribution in [2.75, 3.05) is 37.9 Å². The Balaban J connectivity index is 2.78. The SMILES string of the molecule is ClCCNCCCCCCNCCCl. The monoisotopic (exact) mass is 240 g/mol. The third kappa shape index (κ3) is 12.5. The molecule has 0 rings (SSSR count). The van der Waals surface area contributed by atoms with Crippen molar-refractivity contribution >= 4 is 23.2 Å². The van der Waals surface area contributed by atoms with Gasteiger partial charge in [0.25, 0.3) is 0 Å². The van der Waals surface area contributed by atoms with Crippen LogP contribution in [-0.2, 0) is 0 Å². The van der Waals surface area contributed by atoms with Crippen LogP contribution in [0.4, 0.5) is 0 Å². The van der Waals surface area contributed by atoms with Crippen molar-refractivity contribution in [1.82, 2.24) is 10.6 Å². The summed E-state index contributed by atoms with van der Waals surface area (Å²) in [5.74, 6) is 1.42. The van der Waals surface area contributed by atoms with Crippen LogP contribution in [0.1, 0.15) is 25.7 Å². The molecule has 0 aromatic rings. The van der Waals surface area contributed by atoms with Gasteiger partial charge in [0, 0.05) is 24.8 Å². The summed E-state index contributed by atoms with van der Waals surface area (Å²) in [5.41, 5.74) is 0. The Kier molecular flexibility index (Phi) is 14.0. The van der Waals surface area contributed by atoms with Crippen molar-refractivity contribution in [3.05, 3.63) is 0 Å². The molecule has 0 aliphatic carbocycles. The first-order valence-corrected chi connectivity index (χ1v) is 6.52. The number of halogens is 2. The first kappa shape index (κ1) is 14.5. The Morgan fingerprint density at radius 3 is 1.36 bits per heavy atom. The van der Waals surface area contributed by atoms with Gasteiger partial charge in [-0.3, -0.25) is 0 Å². The second kappa shape index (κ2) is 13.5. The second-order valence-corrected chi connectivity index (χ2v) is 4.05. The maximum Gasteiger partial charge on any atom is 0.0348 e. The van der Waals surface area contributed by atoms with Crippen molar-refractivity contribution < 1.29 is 0 Å². The van der Waals surface area contributed by atoms with Gasteiger partial charge in [0.05, 0.1) is 0 Å². The normalized spacial score (nSPS) is 10.7. The van der Waals surface area contributed by atoms with Crippen molar-refractivity contribution in [1.29, 1.82) is 0 Å². The number of unbranched alkanes of at least 4 members (excludes halogenated alkanes) is 3. The number of alkyl halides is 2. The third-order valence-corrected chi connectivity index (χ3v) is 2.38. The highest BCUT2D eigenvalue weighted by atomic mass is 35.5. The Bertz CT molecular complexity index is 90.1. The zero-order valence-corrected chi connectivity index (χ0v) is 10.3. The van der Waals surface area contributed by atoms with Crippen LogP contribution in [0.25, 0.3) is 0 Å². The summed E-state index contributed by atoms with van der Waals surface area (Å²) >= 11 is 11.1. The number of hydrogen-bond donors (Lipinski definition) is 2. The van der Waals surface area contributed by atoms with Crippen LogP contribution in [0.2, 0.25) is 0 Å². The van der Waals surface area contributed by atoms with E-state index in [9.17, 15) is 0 Å². The van der Waals surface area contributed by atoms with E-state index in [1.807, 2.05) is 0 Å². The number of rotatable bonds is 11. The number of nitrogens with one attached hydrogen (secondary N) is 2. The molecule has 0 aromatic carbocycles. The van der Waals surface area contributed by atoms with Crippen LogP contribution in [0.3, 0.4) is 0 Å². The van der Waals surface area contributed by atoms with Gasteiger partial charge < -0.3 is 10.6 Å². The van der Waals surface area contributed by atoms with Crippen molar-refractivity contribution in [2.24, 2.45) is 0 Å². The summed E-state index contributed by atoms with van der Waals surface area (Å²) in [6, 6.07) is 0. The molecule has 0 aromatic heterocycles. The van der Waals surface area contributed by atoms with E-state index in [2.05, 4.69) is 10.6 Å². The van der Waals surface area contributed by atoms with E-state index in [1.54, 1.807) is 0 Å². The van der Waals surface area contributed by atoms with Gasteiger partial charge in [-0.05, 0) is 25.9 Å². The minimum absolute atomic E-state index is 0.711. The molecule has 0 saturated carbocycles. The molecule has 0 fully saturated rings. The third-order valence-electron chi connectivity index (χ3n) is 2.00. The topological polar surface area (TPSA) is 24.1 Å². The van der Waals surface area contributed by atoms with Gasteiger partial charge in [-0.2, -0.15) is 0 Å². The highest BCUT2D eigenvalue weighted by Crippen LogP contribution is 1.97. The molecule has 2 nitrogen and oxygen atoms in total. The molecular weight excluding hydrogens is 219 g/mol. The summed E-state index contributed by atoms with van der Waals surface area (Å²) in [6.07, 6.45) is 5.12. The average Bonchev–Trinajstić information content (AvgIpc) is 2.21. The lowest BCUT2D eigenvalue weighted by Gasteiger charge is -2.03. The van der Waals surface area contributed by atoms with Gasteiger partial charge in [-0.1, -0.05) is 12.8 Å². The minimum Gasteiger partial charge on any atom is -0.316 e. The van der Waals surface area contributed by atoms with E-state index in [0.717, 1.165) is 26.2 Å². The van der Waals surface area contributed by atoms with Crippen molar-refractivity contribution in [3.63, 3.8) is 0 Å². The Morgan fingerprint density at radius 2 is 1.00 bits per heavy atom. The van der Waals surface area contributed by atoms with E-state index < -0.39 is 0 Å². The van der Waals surface area contributed by atoms with Crippen LogP contribution < -0.4 is 10.6 Å². The molecule has 0 amide bonds. The van der Waals surface area contributed by atoms with Crippen molar-refractivity contribution in [3.8, 4) is 0 Å². The van der Waals surface area contributed by atoms with Gasteiger partial charge >= 0.3 is 0 Å². The van der Waals surface area contributed by atoms with E-state index in [-0.39, 0.29) is 0 Å². The van der Waals surface area contributed by atoms with Gasteiger partial charge in [0.2, 0.25) is 0 Å². The van der Waals surface area contributed by atoms with Gasteiger partial charge in [-0.25, -0.2) is 0 Å². The molecule has 0 unspecified atom stereocenters. The van der Waals surface area contributed by atoms with Crippen molar-refractivity contribution in [2.45, 2.75) is 25.7 Å². The lowest BCUT2D eigenvalue weighted by Crippen LogP contribution is -2.18. The first-order chi connectivity index (χ1) is 6.91. The molecule has 0 atom stereocenters. The summed E-state index contributed by atoms with van der Waals surface area (Å²) in [6.45, 7) is 4.06. The second-order valence-electron chi connectivity index (χ2n) is 3.29. The van der Waals surface area contributed by atoms with E-state index in [0.29, 0.717) is 11.8 Å². The van der Waals surface area contributed by atoms with E-state index in [4.69, 9.17) is 23.2 Å². The standard InChI is InChI=1S/C10H22Cl2N2/c11-5-9-13-7-3-1-2-4-8-14-10-6-12/h13-14H,1-10H2. The fraction of sp³-hybridized carbons (Fsp3) is 1.00. The van der Waals surface area contributed by atoms with Gasteiger partial charge in [0.1, 0.15) is 0 Å². The zero-order chi connectivity index (χ0) is 10.5. The van der Waals surface area contributed by atoms with Crippen LogP contribution in [-0.4, -0.2) is 37.9 Å². The smallest absolute Gasteiger partial charge is 0.0348 e. The molecule has 0 bridgehead atoms. The number of hydrogen-bond acceptors (Lipinski definition) is 2.